The molecule has 1 saturated heterocycles. The summed E-state index contributed by atoms with van der Waals surface area (Å²) in [6.45, 7) is 9.10. The molecule has 0 N–H and O–H groups in total. The van der Waals surface area contributed by atoms with Crippen LogP contribution in [0.5, 0.6) is 0 Å². The van der Waals surface area contributed by atoms with Crippen LogP contribution in [0.4, 0.5) is 11.8 Å². The van der Waals surface area contributed by atoms with Gasteiger partial charge in [-0.05, 0) is 19.2 Å². The lowest BCUT2D eigenvalue weighted by atomic mass is 9.96. The Kier molecular flexibility index (Phi) is 4.85. The van der Waals surface area contributed by atoms with Gasteiger partial charge in [-0.1, -0.05) is 20.8 Å². The second-order valence-electron chi connectivity index (χ2n) is 8.99. The van der Waals surface area contributed by atoms with E-state index >= 15 is 0 Å². The molecule has 1 aliphatic heterocycles. The zero-order valence-electron chi connectivity index (χ0n) is 18.0. The Hall–Kier alpha value is -2.81. The van der Waals surface area contributed by atoms with Crippen molar-refractivity contribution in [3.8, 4) is 0 Å². The third kappa shape index (κ3) is 3.87. The number of fused-ring (bicyclic) bond motifs is 1. The molecule has 154 valence electrons. The predicted molar refractivity (Wildman–Crippen MR) is 113 cm³/mol. The van der Waals surface area contributed by atoms with Crippen molar-refractivity contribution in [3.63, 3.8) is 0 Å². The standard InChI is InChI=1S/C20H29N9/c1-20(2,3)18-24-23-16-7-8-17(25-29(16)18)28-12-15(13-28)27(6)11-14-9-21-19(22-10-14)26(4)5/h7-10,15H,11-13H2,1-6H3. The van der Waals surface area contributed by atoms with Crippen molar-refractivity contribution in [2.24, 2.45) is 0 Å². The van der Waals surface area contributed by atoms with E-state index in [0.29, 0.717) is 6.04 Å². The third-order valence-corrected chi connectivity index (χ3v) is 5.25. The van der Waals surface area contributed by atoms with E-state index in [-0.39, 0.29) is 5.41 Å². The highest BCUT2D eigenvalue weighted by Gasteiger charge is 2.32. The Bertz CT molecular complexity index is 981. The summed E-state index contributed by atoms with van der Waals surface area (Å²) in [6, 6.07) is 4.50. The Labute approximate surface area is 171 Å². The van der Waals surface area contributed by atoms with Crippen LogP contribution in [-0.2, 0) is 12.0 Å². The van der Waals surface area contributed by atoms with Gasteiger partial charge < -0.3 is 9.80 Å². The van der Waals surface area contributed by atoms with E-state index in [1.54, 1.807) is 0 Å². The molecule has 0 aliphatic carbocycles. The van der Waals surface area contributed by atoms with Crippen molar-refractivity contribution in [1.29, 1.82) is 0 Å². The Morgan fingerprint density at radius 1 is 1.03 bits per heavy atom. The molecule has 1 fully saturated rings. The molecule has 4 heterocycles. The van der Waals surface area contributed by atoms with E-state index < -0.39 is 0 Å². The first kappa shape index (κ1) is 19.5. The summed E-state index contributed by atoms with van der Waals surface area (Å²) < 4.78 is 1.87. The molecular formula is C20H29N9. The number of hydrogen-bond donors (Lipinski definition) is 0. The van der Waals surface area contributed by atoms with Gasteiger partial charge in [-0.25, -0.2) is 9.97 Å². The average Bonchev–Trinajstić information content (AvgIpc) is 3.04. The van der Waals surface area contributed by atoms with E-state index in [2.05, 4.69) is 57.8 Å². The van der Waals surface area contributed by atoms with Crippen LogP contribution in [0.1, 0.15) is 32.2 Å². The zero-order chi connectivity index (χ0) is 20.8. The minimum Gasteiger partial charge on any atom is -0.352 e. The SMILES string of the molecule is CN(C)c1ncc(CN(C)C2CN(c3ccc4nnc(C(C)(C)C)n4n3)C2)cn1. The maximum atomic E-state index is 4.80. The first-order valence-corrected chi connectivity index (χ1v) is 9.89. The highest BCUT2D eigenvalue weighted by molar-refractivity contribution is 5.48. The van der Waals surface area contributed by atoms with Crippen molar-refractivity contribution < 1.29 is 0 Å². The lowest BCUT2D eigenvalue weighted by molar-refractivity contribution is 0.196. The maximum absolute atomic E-state index is 4.80. The number of likely N-dealkylation sites (N-methyl/N-ethyl adjacent to an activating group) is 1. The van der Waals surface area contributed by atoms with Gasteiger partial charge in [0, 0.05) is 63.1 Å². The molecule has 1 aliphatic rings. The molecule has 9 nitrogen and oxygen atoms in total. The normalized spacial score (nSPS) is 15.2. The fourth-order valence-electron chi connectivity index (χ4n) is 3.41. The van der Waals surface area contributed by atoms with E-state index in [1.807, 2.05) is 48.0 Å². The quantitative estimate of drug-likeness (QED) is 0.645. The molecule has 0 aromatic carbocycles. The van der Waals surface area contributed by atoms with Gasteiger partial charge in [0.25, 0.3) is 0 Å². The van der Waals surface area contributed by atoms with Gasteiger partial charge in [0.15, 0.2) is 11.5 Å². The van der Waals surface area contributed by atoms with Gasteiger partial charge in [-0.15, -0.1) is 15.3 Å². The summed E-state index contributed by atoms with van der Waals surface area (Å²) in [5, 5.41) is 13.4. The van der Waals surface area contributed by atoms with Crippen LogP contribution < -0.4 is 9.80 Å². The monoisotopic (exact) mass is 395 g/mol. The summed E-state index contributed by atoms with van der Waals surface area (Å²) in [5.74, 6) is 2.58. The van der Waals surface area contributed by atoms with Gasteiger partial charge in [0.05, 0.1) is 0 Å². The van der Waals surface area contributed by atoms with E-state index in [1.165, 1.54) is 0 Å². The van der Waals surface area contributed by atoms with Gasteiger partial charge >= 0.3 is 0 Å². The average molecular weight is 396 g/mol. The first-order chi connectivity index (χ1) is 13.7. The van der Waals surface area contributed by atoms with Gasteiger partial charge in [-0.3, -0.25) is 4.90 Å². The van der Waals surface area contributed by atoms with Crippen molar-refractivity contribution in [2.45, 2.75) is 38.8 Å². The van der Waals surface area contributed by atoms with Crippen molar-refractivity contribution in [1.82, 2.24) is 34.7 Å². The Morgan fingerprint density at radius 2 is 1.72 bits per heavy atom. The predicted octanol–water partition coefficient (Wildman–Crippen LogP) is 1.60. The molecule has 9 heteroatoms. The van der Waals surface area contributed by atoms with Crippen LogP contribution in [0, 0.1) is 0 Å². The molecular weight excluding hydrogens is 366 g/mol. The molecule has 0 bridgehead atoms. The van der Waals surface area contributed by atoms with Crippen LogP contribution >= 0.6 is 0 Å². The summed E-state index contributed by atoms with van der Waals surface area (Å²) in [7, 11) is 6.04. The molecule has 0 radical (unpaired) electrons. The topological polar surface area (TPSA) is 78.6 Å². The van der Waals surface area contributed by atoms with Crippen molar-refractivity contribution in [3.05, 3.63) is 35.9 Å². The molecule has 0 unspecified atom stereocenters. The number of anilines is 2. The van der Waals surface area contributed by atoms with Gasteiger partial charge in [0.1, 0.15) is 5.82 Å². The van der Waals surface area contributed by atoms with E-state index in [4.69, 9.17) is 5.10 Å². The van der Waals surface area contributed by atoms with Crippen molar-refractivity contribution >= 4 is 17.4 Å². The Morgan fingerprint density at radius 3 is 2.34 bits per heavy atom. The lowest BCUT2D eigenvalue weighted by Crippen LogP contribution is -2.58. The largest absolute Gasteiger partial charge is 0.352 e. The maximum Gasteiger partial charge on any atom is 0.224 e. The second kappa shape index (κ2) is 7.22. The zero-order valence-corrected chi connectivity index (χ0v) is 18.0. The van der Waals surface area contributed by atoms with Gasteiger partial charge in [0.2, 0.25) is 5.95 Å². The Balaban J connectivity index is 1.40. The smallest absolute Gasteiger partial charge is 0.224 e. The molecule has 0 spiro atoms. The van der Waals surface area contributed by atoms with Crippen LogP contribution in [0.2, 0.25) is 0 Å². The van der Waals surface area contributed by atoms with Gasteiger partial charge in [-0.2, -0.15) is 4.52 Å². The molecule has 3 aromatic heterocycles. The molecule has 0 amide bonds. The highest BCUT2D eigenvalue weighted by Crippen LogP contribution is 2.25. The minimum atomic E-state index is -0.104. The van der Waals surface area contributed by atoms with Crippen LogP contribution in [0.3, 0.4) is 0 Å². The van der Waals surface area contributed by atoms with Crippen molar-refractivity contribution in [2.75, 3.05) is 44.0 Å². The van der Waals surface area contributed by atoms with Crippen LogP contribution in [0.15, 0.2) is 24.5 Å². The summed E-state index contributed by atoms with van der Waals surface area (Å²) >= 11 is 0. The first-order valence-electron chi connectivity index (χ1n) is 9.89. The van der Waals surface area contributed by atoms with E-state index in [0.717, 1.165) is 48.4 Å². The second-order valence-corrected chi connectivity index (χ2v) is 8.99. The molecule has 29 heavy (non-hydrogen) atoms. The molecule has 0 atom stereocenters. The number of rotatable bonds is 5. The number of nitrogens with zero attached hydrogens (tertiary/aromatic N) is 9. The molecule has 4 rings (SSSR count). The fourth-order valence-corrected chi connectivity index (χ4v) is 3.41. The number of hydrogen-bond acceptors (Lipinski definition) is 8. The fraction of sp³-hybridized carbons (Fsp3) is 0.550. The third-order valence-electron chi connectivity index (χ3n) is 5.25. The summed E-state index contributed by atoms with van der Waals surface area (Å²) in [5.41, 5.74) is 1.80. The van der Waals surface area contributed by atoms with Crippen LogP contribution in [0.25, 0.3) is 5.65 Å². The molecule has 0 saturated carbocycles. The van der Waals surface area contributed by atoms with E-state index in [9.17, 15) is 0 Å². The highest BCUT2D eigenvalue weighted by atomic mass is 15.4. The summed E-state index contributed by atoms with van der Waals surface area (Å²) in [6.07, 6.45) is 3.82. The van der Waals surface area contributed by atoms with Crippen LogP contribution in [-0.4, -0.2) is 75.0 Å². The minimum absolute atomic E-state index is 0.104. The summed E-state index contributed by atoms with van der Waals surface area (Å²) in [4.78, 5) is 15.3. The lowest BCUT2D eigenvalue weighted by Gasteiger charge is -2.44. The molecule has 3 aromatic rings. The number of aromatic nitrogens is 6.